The van der Waals surface area contributed by atoms with E-state index in [9.17, 15) is 9.59 Å². The van der Waals surface area contributed by atoms with E-state index in [0.717, 1.165) is 5.69 Å². The highest BCUT2D eigenvalue weighted by Crippen LogP contribution is 2.10. The Balaban J connectivity index is 2.19. The van der Waals surface area contributed by atoms with E-state index >= 15 is 0 Å². The first kappa shape index (κ1) is 14.6. The number of amides is 1. The van der Waals surface area contributed by atoms with E-state index in [1.165, 1.54) is 7.11 Å². The molecule has 0 bridgehead atoms. The zero-order chi connectivity index (χ0) is 15.1. The molecular formula is C16H16N2O3. The molecular weight excluding hydrogens is 268 g/mol. The maximum Gasteiger partial charge on any atom is 0.408 e. The number of hydrogen-bond acceptors (Lipinski definition) is 4. The van der Waals surface area contributed by atoms with Gasteiger partial charge in [-0.15, -0.1) is 0 Å². The minimum atomic E-state index is -0.901. The van der Waals surface area contributed by atoms with Crippen LogP contribution in [0.3, 0.4) is 0 Å². The average Bonchev–Trinajstić information content (AvgIpc) is 2.55. The summed E-state index contributed by atoms with van der Waals surface area (Å²) < 4.78 is 4.56. The average molecular weight is 284 g/mol. The summed E-state index contributed by atoms with van der Waals surface area (Å²) in [5.41, 5.74) is 1.23. The number of methoxy groups -OCH3 is 1. The van der Waals surface area contributed by atoms with Gasteiger partial charge in [0.05, 0.1) is 7.11 Å². The third kappa shape index (κ3) is 4.07. The number of nitrogens with one attached hydrogen (secondary N) is 2. The van der Waals surface area contributed by atoms with Crippen molar-refractivity contribution < 1.29 is 14.3 Å². The number of benzene rings is 2. The fourth-order valence-corrected chi connectivity index (χ4v) is 1.81. The van der Waals surface area contributed by atoms with Gasteiger partial charge in [0.15, 0.2) is 6.17 Å². The van der Waals surface area contributed by atoms with Crippen molar-refractivity contribution in [2.75, 3.05) is 12.4 Å². The Bertz CT molecular complexity index is 599. The Hall–Kier alpha value is -2.82. The molecule has 5 heteroatoms. The van der Waals surface area contributed by atoms with Crippen molar-refractivity contribution in [3.63, 3.8) is 0 Å². The number of ketones is 1. The fourth-order valence-electron chi connectivity index (χ4n) is 1.81. The minimum Gasteiger partial charge on any atom is -0.453 e. The number of alkyl carbamates (subject to hydrolysis) is 1. The van der Waals surface area contributed by atoms with Crippen LogP contribution in [0, 0.1) is 0 Å². The highest BCUT2D eigenvalue weighted by atomic mass is 16.5. The van der Waals surface area contributed by atoms with Gasteiger partial charge >= 0.3 is 6.09 Å². The molecule has 2 rings (SSSR count). The lowest BCUT2D eigenvalue weighted by Gasteiger charge is -2.19. The fraction of sp³-hybridized carbons (Fsp3) is 0.125. The number of Topliss-reactive ketones (excluding diaryl/α,β-unsaturated/α-hetero) is 1. The summed E-state index contributed by atoms with van der Waals surface area (Å²) in [7, 11) is 1.25. The van der Waals surface area contributed by atoms with Gasteiger partial charge in [-0.3, -0.25) is 10.1 Å². The van der Waals surface area contributed by atoms with Crippen molar-refractivity contribution in [2.45, 2.75) is 6.17 Å². The van der Waals surface area contributed by atoms with Gasteiger partial charge < -0.3 is 10.1 Å². The number of para-hydroxylation sites is 1. The van der Waals surface area contributed by atoms with Crippen molar-refractivity contribution in [1.82, 2.24) is 5.32 Å². The predicted molar refractivity (Wildman–Crippen MR) is 80.2 cm³/mol. The number of carbonyl (C=O) groups excluding carboxylic acids is 2. The zero-order valence-corrected chi connectivity index (χ0v) is 11.6. The summed E-state index contributed by atoms with van der Waals surface area (Å²) >= 11 is 0. The van der Waals surface area contributed by atoms with Gasteiger partial charge in [0, 0.05) is 11.3 Å². The molecule has 0 aliphatic heterocycles. The first-order chi connectivity index (χ1) is 10.2. The molecule has 1 atom stereocenters. The molecule has 0 spiro atoms. The third-order valence-corrected chi connectivity index (χ3v) is 2.85. The number of hydrogen-bond donors (Lipinski definition) is 2. The SMILES string of the molecule is COC(=O)N[C@H](Nc1ccccc1)C(=O)c1ccccc1. The molecule has 2 N–H and O–H groups in total. The first-order valence-electron chi connectivity index (χ1n) is 6.46. The van der Waals surface area contributed by atoms with Gasteiger partial charge in [-0.1, -0.05) is 48.5 Å². The van der Waals surface area contributed by atoms with Crippen LogP contribution in [0.2, 0.25) is 0 Å². The molecule has 108 valence electrons. The van der Waals surface area contributed by atoms with Gasteiger partial charge in [0.2, 0.25) is 5.78 Å². The van der Waals surface area contributed by atoms with E-state index in [4.69, 9.17) is 0 Å². The summed E-state index contributed by atoms with van der Waals surface area (Å²) in [5.74, 6) is -0.246. The van der Waals surface area contributed by atoms with Crippen LogP contribution in [0.15, 0.2) is 60.7 Å². The molecule has 0 aromatic heterocycles. The van der Waals surface area contributed by atoms with E-state index in [1.54, 1.807) is 24.3 Å². The van der Waals surface area contributed by atoms with E-state index < -0.39 is 12.3 Å². The van der Waals surface area contributed by atoms with Crippen molar-refractivity contribution in [1.29, 1.82) is 0 Å². The third-order valence-electron chi connectivity index (χ3n) is 2.85. The molecule has 0 heterocycles. The van der Waals surface area contributed by atoms with Gasteiger partial charge in [-0.05, 0) is 12.1 Å². The Kier molecular flexibility index (Phi) is 4.93. The lowest BCUT2D eigenvalue weighted by Crippen LogP contribution is -2.46. The Labute approximate surface area is 122 Å². The van der Waals surface area contributed by atoms with E-state index in [-0.39, 0.29) is 5.78 Å². The van der Waals surface area contributed by atoms with E-state index in [1.807, 2.05) is 36.4 Å². The number of rotatable bonds is 5. The molecule has 21 heavy (non-hydrogen) atoms. The Morgan fingerprint density at radius 3 is 2.10 bits per heavy atom. The van der Waals surface area contributed by atoms with Gasteiger partial charge in [-0.2, -0.15) is 0 Å². The second-order valence-electron chi connectivity index (χ2n) is 4.31. The van der Waals surface area contributed by atoms with E-state index in [0.29, 0.717) is 5.56 Å². The zero-order valence-electron chi connectivity index (χ0n) is 11.6. The number of anilines is 1. The van der Waals surface area contributed by atoms with Crippen LogP contribution in [0.5, 0.6) is 0 Å². The maximum absolute atomic E-state index is 12.5. The van der Waals surface area contributed by atoms with Gasteiger partial charge in [-0.25, -0.2) is 4.79 Å². The summed E-state index contributed by atoms with van der Waals surface area (Å²) in [6.45, 7) is 0. The van der Waals surface area contributed by atoms with Crippen LogP contribution in [0.4, 0.5) is 10.5 Å². The van der Waals surface area contributed by atoms with Crippen molar-refractivity contribution in [3.05, 3.63) is 66.2 Å². The molecule has 0 aliphatic rings. The molecule has 2 aromatic carbocycles. The Morgan fingerprint density at radius 2 is 1.52 bits per heavy atom. The van der Waals surface area contributed by atoms with Crippen LogP contribution in [-0.4, -0.2) is 25.2 Å². The summed E-state index contributed by atoms with van der Waals surface area (Å²) in [5, 5.41) is 5.47. The van der Waals surface area contributed by atoms with Crippen LogP contribution in [0.25, 0.3) is 0 Å². The molecule has 0 unspecified atom stereocenters. The molecule has 5 nitrogen and oxygen atoms in total. The second kappa shape index (κ2) is 7.09. The molecule has 0 aliphatic carbocycles. The lowest BCUT2D eigenvalue weighted by molar-refractivity contribution is 0.0944. The predicted octanol–water partition coefficient (Wildman–Crippen LogP) is 2.66. The highest BCUT2D eigenvalue weighted by Gasteiger charge is 2.22. The minimum absolute atomic E-state index is 0.246. The standard InChI is InChI=1S/C16H16N2O3/c1-21-16(20)18-15(17-13-10-6-3-7-11-13)14(19)12-8-4-2-5-9-12/h2-11,15,17H,1H3,(H,18,20)/t15-/m0/s1. The highest BCUT2D eigenvalue weighted by molar-refractivity contribution is 6.02. The maximum atomic E-state index is 12.5. The summed E-state index contributed by atoms with van der Waals surface area (Å²) in [6, 6.07) is 17.9. The van der Waals surface area contributed by atoms with Crippen LogP contribution in [-0.2, 0) is 4.74 Å². The number of carbonyl (C=O) groups is 2. The normalized spacial score (nSPS) is 11.3. The molecule has 1 amide bonds. The summed E-state index contributed by atoms with van der Waals surface area (Å²) in [6.07, 6.45) is -1.57. The van der Waals surface area contributed by atoms with E-state index in [2.05, 4.69) is 15.4 Å². The van der Waals surface area contributed by atoms with Crippen molar-refractivity contribution in [3.8, 4) is 0 Å². The molecule has 0 saturated heterocycles. The van der Waals surface area contributed by atoms with Crippen LogP contribution >= 0.6 is 0 Å². The second-order valence-corrected chi connectivity index (χ2v) is 4.31. The van der Waals surface area contributed by atoms with Gasteiger partial charge in [0.25, 0.3) is 0 Å². The van der Waals surface area contributed by atoms with Crippen molar-refractivity contribution in [2.24, 2.45) is 0 Å². The topological polar surface area (TPSA) is 67.4 Å². The molecule has 0 fully saturated rings. The summed E-state index contributed by atoms with van der Waals surface area (Å²) in [4.78, 5) is 23.9. The van der Waals surface area contributed by atoms with Gasteiger partial charge in [0.1, 0.15) is 0 Å². The quantitative estimate of drug-likeness (QED) is 0.654. The lowest BCUT2D eigenvalue weighted by atomic mass is 10.1. The first-order valence-corrected chi connectivity index (χ1v) is 6.46. The monoisotopic (exact) mass is 284 g/mol. The molecule has 0 radical (unpaired) electrons. The Morgan fingerprint density at radius 1 is 0.952 bits per heavy atom. The molecule has 0 saturated carbocycles. The smallest absolute Gasteiger partial charge is 0.408 e. The van der Waals surface area contributed by atoms with Crippen LogP contribution in [0.1, 0.15) is 10.4 Å². The largest absolute Gasteiger partial charge is 0.453 e. The number of ether oxygens (including phenoxy) is 1. The van der Waals surface area contributed by atoms with Crippen molar-refractivity contribution >= 4 is 17.6 Å². The molecule has 2 aromatic rings. The van der Waals surface area contributed by atoms with Crippen LogP contribution < -0.4 is 10.6 Å².